The van der Waals surface area contributed by atoms with E-state index in [0.29, 0.717) is 6.54 Å². The lowest BCUT2D eigenvalue weighted by Crippen LogP contribution is -2.40. The number of aryl methyl sites for hydroxylation is 1. The molecular weight excluding hydrogens is 354 g/mol. The number of rotatable bonds is 2. The highest BCUT2D eigenvalue weighted by Crippen LogP contribution is 2.34. The molecule has 146 valence electrons. The van der Waals surface area contributed by atoms with E-state index in [9.17, 15) is 4.79 Å². The van der Waals surface area contributed by atoms with Crippen molar-refractivity contribution in [3.05, 3.63) is 54.6 Å². The van der Waals surface area contributed by atoms with Gasteiger partial charge >= 0.3 is 6.09 Å². The van der Waals surface area contributed by atoms with Gasteiger partial charge in [0.15, 0.2) is 0 Å². The first-order valence-electron chi connectivity index (χ1n) is 9.43. The van der Waals surface area contributed by atoms with Gasteiger partial charge in [-0.1, -0.05) is 12.2 Å². The minimum atomic E-state index is -0.535. The first-order chi connectivity index (χ1) is 13.3. The average Bonchev–Trinajstić information content (AvgIpc) is 3.28. The molecule has 0 N–H and O–H groups in total. The van der Waals surface area contributed by atoms with E-state index in [4.69, 9.17) is 4.74 Å². The predicted octanol–water partition coefficient (Wildman–Crippen LogP) is 3.97. The van der Waals surface area contributed by atoms with E-state index in [-0.39, 0.29) is 12.1 Å². The van der Waals surface area contributed by atoms with Gasteiger partial charge in [-0.2, -0.15) is 10.2 Å². The quantitative estimate of drug-likeness (QED) is 0.632. The van der Waals surface area contributed by atoms with Crippen molar-refractivity contribution in [1.29, 1.82) is 0 Å². The van der Waals surface area contributed by atoms with Crippen molar-refractivity contribution in [3.8, 4) is 11.1 Å². The van der Waals surface area contributed by atoms with Crippen LogP contribution in [-0.4, -0.2) is 42.5 Å². The van der Waals surface area contributed by atoms with Crippen molar-refractivity contribution in [2.45, 2.75) is 38.8 Å². The number of hydrogen-bond acceptors (Lipinski definition) is 4. The number of carbonyl (C=O) groups is 1. The lowest BCUT2D eigenvalue weighted by atomic mass is 9.96. The van der Waals surface area contributed by atoms with Crippen molar-refractivity contribution in [3.63, 3.8) is 0 Å². The molecule has 0 aliphatic carbocycles. The summed E-state index contributed by atoms with van der Waals surface area (Å²) in [4.78, 5) is 14.7. The standard InChI is InChI=1S/C21H25N5O2/c1-21(2,3)28-20(27)25-10-6-5-7-18(25)17-11-15(16-12-23-24(4)13-16)14-26-19(17)8-9-22-26/h5-6,8-9,11-14,18H,7,10H2,1-4H3. The molecule has 0 saturated heterocycles. The van der Waals surface area contributed by atoms with Crippen LogP contribution in [0, 0.1) is 0 Å². The monoisotopic (exact) mass is 379 g/mol. The maximum Gasteiger partial charge on any atom is 0.411 e. The molecule has 1 unspecified atom stereocenters. The number of nitrogens with zero attached hydrogens (tertiary/aromatic N) is 5. The van der Waals surface area contributed by atoms with Crippen LogP contribution in [0.3, 0.4) is 0 Å². The van der Waals surface area contributed by atoms with Crippen molar-refractivity contribution >= 4 is 11.6 Å². The Kier molecular flexibility index (Phi) is 4.45. The summed E-state index contributed by atoms with van der Waals surface area (Å²) >= 11 is 0. The van der Waals surface area contributed by atoms with Crippen molar-refractivity contribution in [1.82, 2.24) is 24.3 Å². The highest BCUT2D eigenvalue weighted by atomic mass is 16.6. The normalized spacial score (nSPS) is 17.3. The zero-order valence-electron chi connectivity index (χ0n) is 16.7. The van der Waals surface area contributed by atoms with Crippen LogP contribution in [0.1, 0.15) is 38.8 Å². The number of carbonyl (C=O) groups excluding carboxylic acids is 1. The molecule has 0 bridgehead atoms. The molecule has 0 aromatic carbocycles. The lowest BCUT2D eigenvalue weighted by molar-refractivity contribution is 0.0177. The second kappa shape index (κ2) is 6.82. The Morgan fingerprint density at radius 3 is 2.71 bits per heavy atom. The van der Waals surface area contributed by atoms with Gasteiger partial charge in [0.2, 0.25) is 0 Å². The topological polar surface area (TPSA) is 64.7 Å². The smallest absolute Gasteiger partial charge is 0.411 e. The van der Waals surface area contributed by atoms with Gasteiger partial charge < -0.3 is 4.74 Å². The number of aromatic nitrogens is 4. The van der Waals surface area contributed by atoms with Gasteiger partial charge in [-0.25, -0.2) is 9.31 Å². The highest BCUT2D eigenvalue weighted by molar-refractivity contribution is 5.72. The second-order valence-electron chi connectivity index (χ2n) is 8.10. The molecule has 3 aromatic heterocycles. The van der Waals surface area contributed by atoms with E-state index in [2.05, 4.69) is 22.3 Å². The predicted molar refractivity (Wildman–Crippen MR) is 107 cm³/mol. The molecule has 28 heavy (non-hydrogen) atoms. The molecule has 1 amide bonds. The third-order valence-corrected chi connectivity index (χ3v) is 4.77. The minimum absolute atomic E-state index is 0.115. The van der Waals surface area contributed by atoms with Crippen LogP contribution in [-0.2, 0) is 11.8 Å². The van der Waals surface area contributed by atoms with Crippen molar-refractivity contribution in [2.75, 3.05) is 6.54 Å². The molecule has 0 saturated carbocycles. The molecular formula is C21H25N5O2. The van der Waals surface area contributed by atoms with Crippen LogP contribution in [0.25, 0.3) is 16.6 Å². The molecule has 7 heteroatoms. The summed E-state index contributed by atoms with van der Waals surface area (Å²) in [7, 11) is 1.90. The van der Waals surface area contributed by atoms with Crippen molar-refractivity contribution < 1.29 is 9.53 Å². The third-order valence-electron chi connectivity index (χ3n) is 4.77. The SMILES string of the molecule is Cn1cc(-c2cc(C3CC=CCN3C(=O)OC(C)(C)C)c3ccnn3c2)cn1. The number of hydrogen-bond donors (Lipinski definition) is 0. The summed E-state index contributed by atoms with van der Waals surface area (Å²) in [6, 6.07) is 4.00. The van der Waals surface area contributed by atoms with Gasteiger partial charge in [0, 0.05) is 48.9 Å². The zero-order valence-corrected chi connectivity index (χ0v) is 16.7. The fraction of sp³-hybridized carbons (Fsp3) is 0.381. The fourth-order valence-electron chi connectivity index (χ4n) is 3.54. The summed E-state index contributed by atoms with van der Waals surface area (Å²) in [5.74, 6) is 0. The Bertz CT molecular complexity index is 1040. The largest absolute Gasteiger partial charge is 0.444 e. The second-order valence-corrected chi connectivity index (χ2v) is 8.10. The van der Waals surface area contributed by atoms with Crippen LogP contribution in [0.2, 0.25) is 0 Å². The summed E-state index contributed by atoms with van der Waals surface area (Å²) in [6.07, 6.45) is 12.1. The van der Waals surface area contributed by atoms with Gasteiger partial charge in [0.1, 0.15) is 5.60 Å². The van der Waals surface area contributed by atoms with E-state index < -0.39 is 5.60 Å². The molecule has 3 aromatic rings. The zero-order chi connectivity index (χ0) is 19.9. The van der Waals surface area contributed by atoms with Crippen molar-refractivity contribution in [2.24, 2.45) is 7.05 Å². The Labute approximate surface area is 164 Å². The van der Waals surface area contributed by atoms with Gasteiger partial charge in [0.25, 0.3) is 0 Å². The van der Waals surface area contributed by atoms with Crippen LogP contribution >= 0.6 is 0 Å². The number of pyridine rings is 1. The summed E-state index contributed by atoms with van der Waals surface area (Å²) < 4.78 is 9.30. The molecule has 4 rings (SSSR count). The fourth-order valence-corrected chi connectivity index (χ4v) is 3.54. The Balaban J connectivity index is 1.78. The minimum Gasteiger partial charge on any atom is -0.444 e. The molecule has 1 aliphatic rings. The summed E-state index contributed by atoms with van der Waals surface area (Å²) in [6.45, 7) is 6.19. The van der Waals surface area contributed by atoms with E-state index >= 15 is 0 Å². The van der Waals surface area contributed by atoms with E-state index in [1.165, 1.54) is 0 Å². The highest BCUT2D eigenvalue weighted by Gasteiger charge is 2.31. The van der Waals surface area contributed by atoms with E-state index in [1.807, 2.05) is 63.1 Å². The van der Waals surface area contributed by atoms with Crippen LogP contribution in [0.4, 0.5) is 4.79 Å². The molecule has 0 spiro atoms. The molecule has 7 nitrogen and oxygen atoms in total. The maximum atomic E-state index is 12.9. The third kappa shape index (κ3) is 3.52. The summed E-state index contributed by atoms with van der Waals surface area (Å²) in [5.41, 5.74) is 3.52. The lowest BCUT2D eigenvalue weighted by Gasteiger charge is -2.35. The maximum absolute atomic E-state index is 12.9. The van der Waals surface area contributed by atoms with Gasteiger partial charge in [-0.05, 0) is 39.3 Å². The molecule has 1 aliphatic heterocycles. The molecule has 0 radical (unpaired) electrons. The Morgan fingerprint density at radius 1 is 1.18 bits per heavy atom. The van der Waals surface area contributed by atoms with Crippen LogP contribution < -0.4 is 0 Å². The Morgan fingerprint density at radius 2 is 2.00 bits per heavy atom. The van der Waals surface area contributed by atoms with Crippen LogP contribution in [0.15, 0.2) is 49.1 Å². The van der Waals surface area contributed by atoms with E-state index in [0.717, 1.165) is 28.6 Å². The first-order valence-corrected chi connectivity index (χ1v) is 9.43. The number of fused-ring (bicyclic) bond motifs is 1. The van der Waals surface area contributed by atoms with E-state index in [1.54, 1.807) is 15.8 Å². The molecule has 4 heterocycles. The average molecular weight is 379 g/mol. The number of ether oxygens (including phenoxy) is 1. The number of amides is 1. The first kappa shape index (κ1) is 18.3. The van der Waals surface area contributed by atoms with Crippen LogP contribution in [0.5, 0.6) is 0 Å². The summed E-state index contributed by atoms with van der Waals surface area (Å²) in [5, 5.41) is 8.71. The van der Waals surface area contributed by atoms with Gasteiger partial charge in [-0.3, -0.25) is 9.58 Å². The van der Waals surface area contributed by atoms with Gasteiger partial charge in [0.05, 0.1) is 17.8 Å². The van der Waals surface area contributed by atoms with Gasteiger partial charge in [-0.15, -0.1) is 0 Å². The molecule has 1 atom stereocenters. The Hall–Kier alpha value is -3.09. The molecule has 0 fully saturated rings.